The van der Waals surface area contributed by atoms with E-state index >= 15 is 0 Å². The summed E-state index contributed by atoms with van der Waals surface area (Å²) in [7, 11) is -3.69. The Hall–Kier alpha value is -1.59. The van der Waals surface area contributed by atoms with Crippen LogP contribution in [-0.4, -0.2) is 13.4 Å². The summed E-state index contributed by atoms with van der Waals surface area (Å²) >= 11 is 5.85. The van der Waals surface area contributed by atoms with Gasteiger partial charge in [-0.25, -0.2) is 8.42 Å². The summed E-state index contributed by atoms with van der Waals surface area (Å²) in [5.74, 6) is 0. The summed E-state index contributed by atoms with van der Waals surface area (Å²) in [5, 5.41) is 0.375. The van der Waals surface area contributed by atoms with E-state index in [-0.39, 0.29) is 10.3 Å². The molecule has 0 radical (unpaired) electrons. The van der Waals surface area contributed by atoms with Gasteiger partial charge >= 0.3 is 0 Å². The summed E-state index contributed by atoms with van der Waals surface area (Å²) in [6, 6.07) is 7.96. The zero-order valence-electron chi connectivity index (χ0n) is 12.1. The second kappa shape index (κ2) is 5.66. The minimum Gasteiger partial charge on any atom is -0.278 e. The van der Waals surface area contributed by atoms with Crippen LogP contribution in [0.15, 0.2) is 47.6 Å². The van der Waals surface area contributed by atoms with Crippen molar-refractivity contribution in [2.75, 3.05) is 4.72 Å². The minimum atomic E-state index is -3.69. The number of benzene rings is 1. The zero-order chi connectivity index (χ0) is 15.7. The molecule has 0 fully saturated rings. The van der Waals surface area contributed by atoms with E-state index in [1.807, 2.05) is 26.8 Å². The van der Waals surface area contributed by atoms with Crippen molar-refractivity contribution in [2.24, 2.45) is 0 Å². The number of nitrogens with one attached hydrogen (secondary N) is 1. The van der Waals surface area contributed by atoms with E-state index in [1.54, 1.807) is 18.3 Å². The molecule has 0 spiro atoms. The third-order valence-corrected chi connectivity index (χ3v) is 4.58. The van der Waals surface area contributed by atoms with Gasteiger partial charge in [0.1, 0.15) is 0 Å². The number of rotatable bonds is 3. The fourth-order valence-electron chi connectivity index (χ4n) is 1.97. The first kappa shape index (κ1) is 15.8. The number of pyridine rings is 1. The molecule has 0 saturated carbocycles. The molecule has 2 aromatic rings. The van der Waals surface area contributed by atoms with Crippen LogP contribution in [0.1, 0.15) is 26.3 Å². The first-order valence-corrected chi connectivity index (χ1v) is 8.29. The van der Waals surface area contributed by atoms with Gasteiger partial charge in [0.05, 0.1) is 16.8 Å². The lowest BCUT2D eigenvalue weighted by Gasteiger charge is -2.22. The number of anilines is 1. The molecular formula is C15H17ClN2O2S. The van der Waals surface area contributed by atoms with Crippen LogP contribution < -0.4 is 4.72 Å². The first-order valence-electron chi connectivity index (χ1n) is 6.43. The number of nitrogens with zero attached hydrogens (tertiary/aromatic N) is 1. The van der Waals surface area contributed by atoms with Crippen molar-refractivity contribution >= 4 is 27.3 Å². The summed E-state index contributed by atoms with van der Waals surface area (Å²) < 4.78 is 27.5. The van der Waals surface area contributed by atoms with Crippen LogP contribution in [0.5, 0.6) is 0 Å². The molecule has 0 aliphatic rings. The van der Waals surface area contributed by atoms with E-state index in [1.165, 1.54) is 18.3 Å². The molecule has 6 heteroatoms. The van der Waals surface area contributed by atoms with Gasteiger partial charge < -0.3 is 0 Å². The molecule has 1 aromatic heterocycles. The molecule has 1 aromatic carbocycles. The minimum absolute atomic E-state index is 0.124. The molecule has 4 nitrogen and oxygen atoms in total. The molecular weight excluding hydrogens is 308 g/mol. The zero-order valence-corrected chi connectivity index (χ0v) is 13.7. The summed E-state index contributed by atoms with van der Waals surface area (Å²) in [5.41, 5.74) is 1.16. The second-order valence-electron chi connectivity index (χ2n) is 5.73. The molecule has 2 rings (SSSR count). The van der Waals surface area contributed by atoms with E-state index in [9.17, 15) is 8.42 Å². The van der Waals surface area contributed by atoms with Crippen LogP contribution >= 0.6 is 11.6 Å². The number of sulfonamides is 1. The quantitative estimate of drug-likeness (QED) is 0.933. The maximum Gasteiger partial charge on any atom is 0.262 e. The SMILES string of the molecule is CC(C)(C)c1ccncc1NS(=O)(=O)c1cccc(Cl)c1. The van der Waals surface area contributed by atoms with E-state index in [0.717, 1.165) is 5.56 Å². The van der Waals surface area contributed by atoms with Crippen molar-refractivity contribution in [1.82, 2.24) is 4.98 Å². The Morgan fingerprint density at radius 2 is 1.90 bits per heavy atom. The molecule has 0 atom stereocenters. The van der Waals surface area contributed by atoms with Crippen LogP contribution in [0, 0.1) is 0 Å². The van der Waals surface area contributed by atoms with E-state index < -0.39 is 10.0 Å². The lowest BCUT2D eigenvalue weighted by atomic mass is 9.87. The molecule has 112 valence electrons. The van der Waals surface area contributed by atoms with Gasteiger partial charge in [-0.2, -0.15) is 0 Å². The van der Waals surface area contributed by atoms with Gasteiger partial charge in [0.25, 0.3) is 10.0 Å². The predicted octanol–water partition coefficient (Wildman–Crippen LogP) is 3.83. The lowest BCUT2D eigenvalue weighted by molar-refractivity contribution is 0.589. The highest BCUT2D eigenvalue weighted by Crippen LogP contribution is 2.30. The Morgan fingerprint density at radius 1 is 1.19 bits per heavy atom. The lowest BCUT2D eigenvalue weighted by Crippen LogP contribution is -2.19. The van der Waals surface area contributed by atoms with Gasteiger partial charge in [-0.15, -0.1) is 0 Å². The summed E-state index contributed by atoms with van der Waals surface area (Å²) in [4.78, 5) is 4.13. The normalized spacial score (nSPS) is 12.2. The molecule has 0 amide bonds. The van der Waals surface area contributed by atoms with Crippen molar-refractivity contribution in [1.29, 1.82) is 0 Å². The Kier molecular flexibility index (Phi) is 4.25. The fraction of sp³-hybridized carbons (Fsp3) is 0.267. The van der Waals surface area contributed by atoms with Crippen molar-refractivity contribution in [3.8, 4) is 0 Å². The van der Waals surface area contributed by atoms with E-state index in [0.29, 0.717) is 10.7 Å². The molecule has 0 aliphatic carbocycles. The van der Waals surface area contributed by atoms with Crippen LogP contribution in [0.2, 0.25) is 5.02 Å². The summed E-state index contributed by atoms with van der Waals surface area (Å²) in [6.45, 7) is 6.04. The van der Waals surface area contributed by atoms with Crippen molar-refractivity contribution in [3.63, 3.8) is 0 Å². The maximum absolute atomic E-state index is 12.4. The molecule has 0 bridgehead atoms. The highest BCUT2D eigenvalue weighted by Gasteiger charge is 2.22. The Labute approximate surface area is 130 Å². The molecule has 0 aliphatic heterocycles. The van der Waals surface area contributed by atoms with Crippen LogP contribution in [0.3, 0.4) is 0 Å². The first-order chi connectivity index (χ1) is 9.70. The number of halogens is 1. The third kappa shape index (κ3) is 3.74. The van der Waals surface area contributed by atoms with Crippen LogP contribution in [0.25, 0.3) is 0 Å². The number of hydrogen-bond donors (Lipinski definition) is 1. The highest BCUT2D eigenvalue weighted by atomic mass is 35.5. The summed E-state index contributed by atoms with van der Waals surface area (Å²) in [6.07, 6.45) is 3.17. The largest absolute Gasteiger partial charge is 0.278 e. The van der Waals surface area contributed by atoms with Gasteiger partial charge in [-0.05, 0) is 35.2 Å². The number of aromatic nitrogens is 1. The smallest absolute Gasteiger partial charge is 0.262 e. The van der Waals surface area contributed by atoms with Crippen LogP contribution in [-0.2, 0) is 15.4 Å². The van der Waals surface area contributed by atoms with Gasteiger partial charge in [-0.3, -0.25) is 9.71 Å². The number of hydrogen-bond acceptors (Lipinski definition) is 3. The fourth-order valence-corrected chi connectivity index (χ4v) is 3.33. The van der Waals surface area contributed by atoms with Crippen molar-refractivity contribution in [3.05, 3.63) is 53.3 Å². The molecule has 0 saturated heterocycles. The van der Waals surface area contributed by atoms with Crippen molar-refractivity contribution < 1.29 is 8.42 Å². The van der Waals surface area contributed by atoms with Crippen molar-refractivity contribution in [2.45, 2.75) is 31.1 Å². The van der Waals surface area contributed by atoms with Gasteiger partial charge in [0.2, 0.25) is 0 Å². The molecule has 1 N–H and O–H groups in total. The average molecular weight is 325 g/mol. The van der Waals surface area contributed by atoms with E-state index in [2.05, 4.69) is 9.71 Å². The molecule has 21 heavy (non-hydrogen) atoms. The maximum atomic E-state index is 12.4. The highest BCUT2D eigenvalue weighted by molar-refractivity contribution is 7.92. The van der Waals surface area contributed by atoms with Gasteiger partial charge in [0.15, 0.2) is 0 Å². The van der Waals surface area contributed by atoms with Gasteiger partial charge in [-0.1, -0.05) is 38.4 Å². The Bertz CT molecular complexity index is 752. The topological polar surface area (TPSA) is 59.1 Å². The molecule has 1 heterocycles. The van der Waals surface area contributed by atoms with Crippen LogP contribution in [0.4, 0.5) is 5.69 Å². The average Bonchev–Trinajstić information content (AvgIpc) is 2.37. The monoisotopic (exact) mass is 324 g/mol. The third-order valence-electron chi connectivity index (χ3n) is 2.98. The Balaban J connectivity index is 2.43. The van der Waals surface area contributed by atoms with E-state index in [4.69, 9.17) is 11.6 Å². The predicted molar refractivity (Wildman–Crippen MR) is 85.2 cm³/mol. The standard InChI is InChI=1S/C15H17ClN2O2S/c1-15(2,3)13-7-8-17-10-14(13)18-21(19,20)12-6-4-5-11(16)9-12/h4-10,18H,1-3H3. The second-order valence-corrected chi connectivity index (χ2v) is 7.85. The van der Waals surface area contributed by atoms with Gasteiger partial charge in [0, 0.05) is 11.2 Å². The Morgan fingerprint density at radius 3 is 2.52 bits per heavy atom. The molecule has 0 unspecified atom stereocenters.